The number of hydrogen-bond donors (Lipinski definition) is 7. The van der Waals surface area contributed by atoms with Gasteiger partial charge in [0.2, 0.25) is 17.7 Å². The molecular weight excluding hydrogens is 430 g/mol. The van der Waals surface area contributed by atoms with E-state index in [1.54, 1.807) is 0 Å². The van der Waals surface area contributed by atoms with Gasteiger partial charge in [-0.25, -0.2) is 4.79 Å². The largest absolute Gasteiger partial charge is 0.480 e. The van der Waals surface area contributed by atoms with E-state index in [4.69, 9.17) is 17.2 Å². The lowest BCUT2D eigenvalue weighted by Crippen LogP contribution is -2.56. The van der Waals surface area contributed by atoms with Crippen LogP contribution in [-0.4, -0.2) is 65.5 Å². The average molecular weight is 472 g/mol. The third-order valence-electron chi connectivity index (χ3n) is 4.71. The van der Waals surface area contributed by atoms with Crippen molar-refractivity contribution < 1.29 is 24.3 Å². The fourth-order valence-electron chi connectivity index (χ4n) is 3.03. The van der Waals surface area contributed by atoms with Gasteiger partial charge in [-0.3, -0.25) is 19.4 Å². The van der Waals surface area contributed by atoms with Gasteiger partial charge in [0.1, 0.15) is 18.1 Å². The van der Waals surface area contributed by atoms with Crippen LogP contribution in [0.25, 0.3) is 0 Å². The Hall–Kier alpha value is -2.89. The first-order chi connectivity index (χ1) is 15.2. The summed E-state index contributed by atoms with van der Waals surface area (Å²) in [4.78, 5) is 52.9. The number of nitrogens with zero attached hydrogens (tertiary/aromatic N) is 1. The Kier molecular flexibility index (Phi) is 13.7. The summed E-state index contributed by atoms with van der Waals surface area (Å²) in [5, 5.41) is 17.0. The molecule has 12 heteroatoms. The molecule has 0 saturated heterocycles. The van der Waals surface area contributed by atoms with Gasteiger partial charge in [0.05, 0.1) is 6.04 Å². The number of hydrogen-bond acceptors (Lipinski definition) is 6. The van der Waals surface area contributed by atoms with Crippen molar-refractivity contribution in [3.05, 3.63) is 0 Å². The summed E-state index contributed by atoms with van der Waals surface area (Å²) in [5.41, 5.74) is 16.4. The molecule has 0 spiro atoms. The fourth-order valence-corrected chi connectivity index (χ4v) is 3.03. The molecule has 0 heterocycles. The van der Waals surface area contributed by atoms with Gasteiger partial charge in [0.15, 0.2) is 5.96 Å². The zero-order chi connectivity index (χ0) is 25.7. The van der Waals surface area contributed by atoms with E-state index in [1.807, 2.05) is 27.7 Å². The van der Waals surface area contributed by atoms with E-state index in [0.29, 0.717) is 19.3 Å². The van der Waals surface area contributed by atoms with Crippen molar-refractivity contribution in [1.82, 2.24) is 16.0 Å². The summed E-state index contributed by atoms with van der Waals surface area (Å²) in [6, 6.07) is -3.80. The van der Waals surface area contributed by atoms with Gasteiger partial charge in [0.25, 0.3) is 0 Å². The second-order valence-electron chi connectivity index (χ2n) is 9.01. The Morgan fingerprint density at radius 3 is 1.85 bits per heavy atom. The summed E-state index contributed by atoms with van der Waals surface area (Å²) in [6.07, 6.45) is 1.27. The standard InChI is InChI=1S/C21H41N7O5/c1-11(2)9-14(22)18(30)28-16(10-12(3)4)19(31)26-13(5)17(29)27-15(20(32)33)7-6-8-25-21(23)24/h11-16H,6-10,22H2,1-5H3,(H,26,31)(H,27,29)(H,28,30)(H,32,33)(H4,23,24,25). The maximum absolute atomic E-state index is 12.8. The van der Waals surface area contributed by atoms with E-state index in [1.165, 1.54) is 6.92 Å². The minimum atomic E-state index is -1.21. The SMILES string of the molecule is CC(C)CC(N)C(=O)NC(CC(C)C)C(=O)NC(C)C(=O)NC(CCCN=C(N)N)C(=O)O. The van der Waals surface area contributed by atoms with E-state index in [2.05, 4.69) is 20.9 Å². The predicted octanol–water partition coefficient (Wildman–Crippen LogP) is -0.982. The Bertz CT molecular complexity index is 692. The first kappa shape index (κ1) is 30.1. The maximum atomic E-state index is 12.8. The monoisotopic (exact) mass is 471 g/mol. The number of carboxylic acid groups (broad SMARTS) is 1. The minimum Gasteiger partial charge on any atom is -0.480 e. The molecule has 0 aliphatic heterocycles. The van der Waals surface area contributed by atoms with Crippen LogP contribution in [0.4, 0.5) is 0 Å². The van der Waals surface area contributed by atoms with Crippen LogP contribution in [0.3, 0.4) is 0 Å². The highest BCUT2D eigenvalue weighted by Crippen LogP contribution is 2.08. The maximum Gasteiger partial charge on any atom is 0.326 e. The third-order valence-corrected chi connectivity index (χ3v) is 4.71. The average Bonchev–Trinajstić information content (AvgIpc) is 2.67. The number of aliphatic carboxylic acids is 1. The molecule has 0 aliphatic carbocycles. The van der Waals surface area contributed by atoms with Gasteiger partial charge in [-0.05, 0) is 44.4 Å². The van der Waals surface area contributed by atoms with Crippen molar-refractivity contribution in [2.75, 3.05) is 6.54 Å². The zero-order valence-corrected chi connectivity index (χ0v) is 20.3. The Balaban J connectivity index is 5.01. The number of rotatable bonds is 15. The number of carboxylic acids is 1. The molecule has 0 aliphatic rings. The molecule has 3 amide bonds. The second-order valence-corrected chi connectivity index (χ2v) is 9.01. The normalized spacial score (nSPS) is 14.7. The van der Waals surface area contributed by atoms with Crippen LogP contribution in [0.5, 0.6) is 0 Å². The molecule has 33 heavy (non-hydrogen) atoms. The highest BCUT2D eigenvalue weighted by atomic mass is 16.4. The van der Waals surface area contributed by atoms with E-state index >= 15 is 0 Å². The van der Waals surface area contributed by atoms with Crippen molar-refractivity contribution in [2.24, 2.45) is 34.0 Å². The van der Waals surface area contributed by atoms with Crippen LogP contribution in [0.1, 0.15) is 60.3 Å². The van der Waals surface area contributed by atoms with Crippen LogP contribution >= 0.6 is 0 Å². The molecule has 190 valence electrons. The Morgan fingerprint density at radius 2 is 1.36 bits per heavy atom. The highest BCUT2D eigenvalue weighted by Gasteiger charge is 2.28. The molecule has 0 fully saturated rings. The summed E-state index contributed by atoms with van der Waals surface area (Å²) in [5.74, 6) is -2.65. The van der Waals surface area contributed by atoms with Crippen LogP contribution in [-0.2, 0) is 19.2 Å². The minimum absolute atomic E-state index is 0.0908. The molecule has 12 nitrogen and oxygen atoms in total. The summed E-state index contributed by atoms with van der Waals surface area (Å²) >= 11 is 0. The fraction of sp³-hybridized carbons (Fsp3) is 0.762. The van der Waals surface area contributed by atoms with Gasteiger partial charge in [-0.2, -0.15) is 0 Å². The van der Waals surface area contributed by atoms with Crippen molar-refractivity contribution in [1.29, 1.82) is 0 Å². The molecule has 0 bridgehead atoms. The topological polar surface area (TPSA) is 215 Å². The molecule has 0 saturated carbocycles. The van der Waals surface area contributed by atoms with Crippen LogP contribution in [0, 0.1) is 11.8 Å². The highest BCUT2D eigenvalue weighted by molar-refractivity contribution is 5.93. The molecule has 4 unspecified atom stereocenters. The molecule has 0 rings (SSSR count). The van der Waals surface area contributed by atoms with Gasteiger partial charge in [0, 0.05) is 6.54 Å². The van der Waals surface area contributed by atoms with Gasteiger partial charge in [-0.1, -0.05) is 27.7 Å². The number of amides is 3. The molecule has 0 radical (unpaired) electrons. The van der Waals surface area contributed by atoms with E-state index < -0.39 is 47.9 Å². The smallest absolute Gasteiger partial charge is 0.326 e. The Labute approximate surface area is 195 Å². The predicted molar refractivity (Wildman–Crippen MR) is 126 cm³/mol. The lowest BCUT2D eigenvalue weighted by atomic mass is 10.0. The van der Waals surface area contributed by atoms with Gasteiger partial charge in [-0.15, -0.1) is 0 Å². The second kappa shape index (κ2) is 15.0. The quantitative estimate of drug-likeness (QED) is 0.0892. The first-order valence-electron chi connectivity index (χ1n) is 11.2. The zero-order valence-electron chi connectivity index (χ0n) is 20.3. The first-order valence-corrected chi connectivity index (χ1v) is 11.2. The summed E-state index contributed by atoms with van der Waals surface area (Å²) < 4.78 is 0. The van der Waals surface area contributed by atoms with Crippen molar-refractivity contribution in [2.45, 2.75) is 84.5 Å². The van der Waals surface area contributed by atoms with Crippen molar-refractivity contribution >= 4 is 29.7 Å². The molecule has 0 aromatic rings. The van der Waals surface area contributed by atoms with Gasteiger partial charge < -0.3 is 38.3 Å². The third kappa shape index (κ3) is 13.3. The van der Waals surface area contributed by atoms with E-state index in [9.17, 15) is 24.3 Å². The number of carbonyl (C=O) groups excluding carboxylic acids is 3. The number of guanidine groups is 1. The Morgan fingerprint density at radius 1 is 0.818 bits per heavy atom. The van der Waals surface area contributed by atoms with Crippen LogP contribution in [0.15, 0.2) is 4.99 Å². The summed E-state index contributed by atoms with van der Waals surface area (Å²) in [7, 11) is 0. The lowest BCUT2D eigenvalue weighted by molar-refractivity contribution is -0.142. The molecule has 0 aromatic heterocycles. The molecular formula is C21H41N7O5. The number of nitrogens with one attached hydrogen (secondary N) is 3. The van der Waals surface area contributed by atoms with E-state index in [0.717, 1.165) is 0 Å². The molecule has 0 aromatic carbocycles. The lowest BCUT2D eigenvalue weighted by Gasteiger charge is -2.25. The van der Waals surface area contributed by atoms with Crippen molar-refractivity contribution in [3.8, 4) is 0 Å². The molecule has 10 N–H and O–H groups in total. The number of aliphatic imine (C=N–C) groups is 1. The number of carbonyl (C=O) groups is 4. The van der Waals surface area contributed by atoms with Crippen molar-refractivity contribution in [3.63, 3.8) is 0 Å². The van der Waals surface area contributed by atoms with Crippen LogP contribution < -0.4 is 33.2 Å². The van der Waals surface area contributed by atoms with E-state index in [-0.39, 0.29) is 30.8 Å². The summed E-state index contributed by atoms with van der Waals surface area (Å²) in [6.45, 7) is 9.34. The molecule has 4 atom stereocenters. The van der Waals surface area contributed by atoms with Crippen LogP contribution in [0.2, 0.25) is 0 Å². The van der Waals surface area contributed by atoms with Gasteiger partial charge >= 0.3 is 5.97 Å². The number of nitrogens with two attached hydrogens (primary N) is 3.